The number of halogens is 9. The van der Waals surface area contributed by atoms with E-state index in [0.29, 0.717) is 115 Å². The van der Waals surface area contributed by atoms with Crippen molar-refractivity contribution in [3.05, 3.63) is 177 Å². The molecule has 15 N–H and O–H groups in total. The lowest BCUT2D eigenvalue weighted by Crippen LogP contribution is -2.54. The highest BCUT2D eigenvalue weighted by Crippen LogP contribution is 2.52. The molecule has 9 aromatic carbocycles. The van der Waals surface area contributed by atoms with Gasteiger partial charge in [0.15, 0.2) is 37.2 Å². The number of aliphatic hydroxyl groups is 9. The molecule has 574 valence electrons. The first-order valence-electron chi connectivity index (χ1n) is 35.2. The average molecular weight is 1550 g/mol. The summed E-state index contributed by atoms with van der Waals surface area (Å²) < 4.78 is 152. The smallest absolute Gasteiger partial charge is 0.259 e. The Morgan fingerprint density at radius 2 is 0.634 bits per heavy atom. The number of fused-ring (bicyclic) bond motifs is 30. The molecule has 6 aliphatic heterocycles. The minimum absolute atomic E-state index is 0.0279. The van der Waals surface area contributed by atoms with Crippen LogP contribution in [-0.4, -0.2) is 192 Å². The summed E-state index contributed by atoms with van der Waals surface area (Å²) in [6.07, 6.45) is -25.9. The third-order valence-corrected chi connectivity index (χ3v) is 22.5. The summed E-state index contributed by atoms with van der Waals surface area (Å²) in [4.78, 5) is 61.9. The normalized spacial score (nSPS) is 25.9. The van der Waals surface area contributed by atoms with Crippen LogP contribution in [0.2, 0.25) is 0 Å². The van der Waals surface area contributed by atoms with Gasteiger partial charge >= 0.3 is 0 Å². The van der Waals surface area contributed by atoms with Gasteiger partial charge in [-0.25, -0.2) is 39.5 Å². The van der Waals surface area contributed by atoms with Gasteiger partial charge in [-0.3, -0.25) is 24.5 Å². The predicted molar refractivity (Wildman–Crippen MR) is 384 cm³/mol. The molecule has 0 spiro atoms. The summed E-state index contributed by atoms with van der Waals surface area (Å²) in [7, 11) is 0. The number of rotatable bonds is 6. The number of benzene rings is 9. The minimum Gasteiger partial charge on any atom is -0.394 e. The molecule has 15 aromatic rings. The lowest BCUT2D eigenvalue weighted by atomic mass is 9.96. The highest BCUT2D eigenvalue weighted by molar-refractivity contribution is 6.40. The van der Waals surface area contributed by atoms with Crippen molar-refractivity contribution in [3.63, 3.8) is 0 Å². The number of nitrogens with one attached hydrogen (secondary N) is 6. The van der Waals surface area contributed by atoms with Gasteiger partial charge in [0.2, 0.25) is 0 Å². The number of hydrogen-bond donors (Lipinski definition) is 15. The van der Waals surface area contributed by atoms with E-state index in [2.05, 4.69) is 30.9 Å². The largest absolute Gasteiger partial charge is 0.394 e. The first-order chi connectivity index (χ1) is 53.8. The van der Waals surface area contributed by atoms with Gasteiger partial charge in [0.1, 0.15) is 89.8 Å². The number of nitrogens with zero attached hydrogens (tertiary/aromatic N) is 3. The number of aliphatic hydroxyl groups excluding tert-OH is 9. The fourth-order valence-corrected chi connectivity index (χ4v) is 17.7. The Labute approximate surface area is 618 Å². The van der Waals surface area contributed by atoms with Crippen LogP contribution in [0.1, 0.15) is 71.2 Å². The van der Waals surface area contributed by atoms with Gasteiger partial charge in [0.05, 0.1) is 91.7 Å². The molecule has 21 rings (SSSR count). The fourth-order valence-electron chi connectivity index (χ4n) is 17.7. The zero-order chi connectivity index (χ0) is 78.1. The van der Waals surface area contributed by atoms with Gasteiger partial charge in [-0.2, -0.15) is 0 Å². The summed E-state index contributed by atoms with van der Waals surface area (Å²) in [5, 5.41) is 105. The summed E-state index contributed by atoms with van der Waals surface area (Å²) in [5.41, 5.74) is 6.17. The molecular formula is C78H58F9N9O16. The number of aromatic amines is 3. The van der Waals surface area contributed by atoms with Crippen molar-refractivity contribution in [1.82, 2.24) is 44.6 Å². The van der Waals surface area contributed by atoms with Crippen molar-refractivity contribution in [2.45, 2.75) is 105 Å². The quantitative estimate of drug-likeness (QED) is 0.0549. The number of carbonyl (C=O) groups is 4. The van der Waals surface area contributed by atoms with Crippen LogP contribution in [0.25, 0.3) is 131 Å². The molecule has 34 heteroatoms. The molecule has 6 aromatic heterocycles. The summed E-state index contributed by atoms with van der Waals surface area (Å²) in [6, 6.07) is 23.7. The number of imide groups is 1. The van der Waals surface area contributed by atoms with Crippen LogP contribution < -0.4 is 16.0 Å². The molecule has 12 heterocycles. The van der Waals surface area contributed by atoms with Crippen LogP contribution in [0.5, 0.6) is 0 Å². The molecule has 0 aliphatic carbocycles. The highest BCUT2D eigenvalue weighted by atomic mass is 19.2. The van der Waals surface area contributed by atoms with Gasteiger partial charge < -0.3 is 99.5 Å². The Bertz CT molecular complexity index is 6670. The zero-order valence-electron chi connectivity index (χ0n) is 57.2. The number of alkyl halides is 3. The third kappa shape index (κ3) is 10.0. The monoisotopic (exact) mass is 1550 g/mol. The van der Waals surface area contributed by atoms with E-state index < -0.39 is 165 Å². The van der Waals surface area contributed by atoms with Gasteiger partial charge in [-0.1, -0.05) is 0 Å². The number of ether oxygens (including phenoxy) is 3. The van der Waals surface area contributed by atoms with Crippen LogP contribution in [0.3, 0.4) is 0 Å². The van der Waals surface area contributed by atoms with Crippen LogP contribution in [-0.2, 0) is 27.3 Å². The Morgan fingerprint density at radius 3 is 1.01 bits per heavy atom. The van der Waals surface area contributed by atoms with Crippen LogP contribution >= 0.6 is 0 Å². The molecule has 3 unspecified atom stereocenters. The maximum absolute atomic E-state index is 14.6. The average Bonchev–Trinajstić information content (AvgIpc) is 1.55. The topological polar surface area (TPSA) is 376 Å². The molecule has 0 radical (unpaired) electrons. The van der Waals surface area contributed by atoms with Crippen molar-refractivity contribution in [2.24, 2.45) is 0 Å². The third-order valence-electron chi connectivity index (χ3n) is 22.5. The first-order valence-corrected chi connectivity index (χ1v) is 35.2. The molecule has 3 saturated heterocycles. The number of H-pyrrole nitrogens is 3. The Kier molecular flexibility index (Phi) is 16.3. The summed E-state index contributed by atoms with van der Waals surface area (Å²) in [6.45, 7) is -2.01. The number of amides is 4. The van der Waals surface area contributed by atoms with Gasteiger partial charge in [0.25, 0.3) is 23.6 Å². The fraction of sp³-hybridized carbons (Fsp3) is 0.256. The Morgan fingerprint density at radius 1 is 0.348 bits per heavy atom. The highest BCUT2D eigenvalue weighted by Gasteiger charge is 2.51. The molecule has 6 aliphatic rings. The van der Waals surface area contributed by atoms with E-state index in [-0.39, 0.29) is 68.4 Å². The van der Waals surface area contributed by atoms with Gasteiger partial charge in [-0.05, 0) is 120 Å². The summed E-state index contributed by atoms with van der Waals surface area (Å²) >= 11 is 0. The van der Waals surface area contributed by atoms with Crippen molar-refractivity contribution < 1.29 is 119 Å². The van der Waals surface area contributed by atoms with E-state index >= 15 is 0 Å². The number of hydrogen-bond acceptors (Lipinski definition) is 16. The van der Waals surface area contributed by atoms with Crippen LogP contribution in [0.15, 0.2) is 109 Å². The van der Waals surface area contributed by atoms with E-state index in [1.807, 2.05) is 0 Å². The molecule has 4 amide bonds. The lowest BCUT2D eigenvalue weighted by molar-refractivity contribution is -0.233. The van der Waals surface area contributed by atoms with Crippen molar-refractivity contribution >= 4 is 154 Å². The number of aromatic nitrogens is 6. The zero-order valence-corrected chi connectivity index (χ0v) is 57.2. The van der Waals surface area contributed by atoms with E-state index in [0.717, 1.165) is 12.1 Å². The van der Waals surface area contributed by atoms with Crippen LogP contribution in [0.4, 0.5) is 39.5 Å². The van der Waals surface area contributed by atoms with Crippen LogP contribution in [0, 0.1) is 34.9 Å². The predicted octanol–water partition coefficient (Wildman–Crippen LogP) is 8.34. The van der Waals surface area contributed by atoms with Gasteiger partial charge in [0, 0.05) is 94.3 Å². The second kappa shape index (κ2) is 25.6. The first kappa shape index (κ1) is 71.1. The molecule has 0 saturated carbocycles. The van der Waals surface area contributed by atoms with E-state index in [1.165, 1.54) is 105 Å². The second-order valence-electron chi connectivity index (χ2n) is 28.6. The minimum atomic E-state index is -2.10. The van der Waals surface area contributed by atoms with Crippen molar-refractivity contribution in [2.75, 3.05) is 19.8 Å². The second-order valence-corrected chi connectivity index (χ2v) is 28.6. The van der Waals surface area contributed by atoms with Crippen molar-refractivity contribution in [3.8, 4) is 0 Å². The molecule has 25 nitrogen and oxygen atoms in total. The molecule has 3 fully saturated rings. The SMILES string of the molecule is O=C1NC(=O)c2c1c1c3cc(F)ccc3[nH]c1c1c2c2cc(F)ccc2n1[C@@H]1O[C@H](CO)C(F)[C@H](O)[C@H]1O.O=C1NCc2c1c1c3cc(F)ccc3[nH]c1c1c2c2cc(F)ccc2n1[C@@H]1O[C@H](CO)C(F)[C@H](O)[C@H]1O.O=C1NCc2c1c1c3cc(F)ccc3n([C@@H]3O[C@H](CO)C(F)[C@H](O)[C@H]3O)c1c1[nH]c3ccc(F)cc3c21. The van der Waals surface area contributed by atoms with E-state index in [4.69, 9.17) is 14.2 Å². The maximum Gasteiger partial charge on any atom is 0.259 e. The van der Waals surface area contributed by atoms with Crippen molar-refractivity contribution in [1.29, 1.82) is 0 Å². The summed E-state index contributed by atoms with van der Waals surface area (Å²) in [5.74, 6) is -5.58. The molecular weight excluding hydrogens is 1490 g/mol. The molecule has 112 heavy (non-hydrogen) atoms. The van der Waals surface area contributed by atoms with E-state index in [1.54, 1.807) is 6.07 Å². The number of carbonyl (C=O) groups excluding carboxylic acids is 4. The maximum atomic E-state index is 14.6. The Balaban J connectivity index is 0.000000113. The van der Waals surface area contributed by atoms with E-state index in [9.17, 15) is 105 Å². The standard InChI is InChI=1S/C26H18F3N3O6.2C26H20F3N3O5/c27-8-1-3-12-10(5-8)15-17-18(25(37)31-24(17)36)16-11-6-9(28)2-4-13(11)32(21(16)20(15)30-12)26-23(35)22(34)19(29)14(7-33)38-26;27-9-1-3-14-11(5-9)18-19-13(7-30-25(19)36)17-12-6-10(28)2-4-15(12)32(22(17)21(18)31-14)26-24(35)23(34)20(29)16(8-33)37-26;27-9-1-3-14-11(5-9)17-13-7-30-25(36)19(13)18-12-6-10(28)2-4-15(12)32(22(18)21(17)31-14)26-24(35)23(34)20(29)16(8-33)37-26/h1-6,14,19,22-23,26,30,33-35H,7H2,(H,31,36,37);2*1-6,16,20,23-24,26,31,33-35H,7-8H2,(H,30,36)/t14-,19?,22+,23-,26-;2*16-,20?,23+,24-,26-/m111/s1. The lowest BCUT2D eigenvalue weighted by Gasteiger charge is -2.40. The molecule has 15 atom stereocenters. The molecule has 0 bridgehead atoms. The Hall–Kier alpha value is -11.3. The van der Waals surface area contributed by atoms with Gasteiger partial charge in [-0.15, -0.1) is 0 Å².